The first-order valence-corrected chi connectivity index (χ1v) is 7.68. The summed E-state index contributed by atoms with van der Waals surface area (Å²) in [5.74, 6) is -0.316. The number of benzene rings is 1. The van der Waals surface area contributed by atoms with Gasteiger partial charge in [0, 0.05) is 37.1 Å². The molecule has 0 aliphatic carbocycles. The van der Waals surface area contributed by atoms with E-state index in [1.54, 1.807) is 0 Å². The fourth-order valence-electron chi connectivity index (χ4n) is 2.12. The van der Waals surface area contributed by atoms with Gasteiger partial charge in [0.1, 0.15) is 11.3 Å². The van der Waals surface area contributed by atoms with E-state index in [2.05, 4.69) is 15.6 Å². The van der Waals surface area contributed by atoms with E-state index in [0.717, 1.165) is 37.1 Å². The van der Waals surface area contributed by atoms with Gasteiger partial charge in [0.05, 0.1) is 0 Å². The number of nitrogens with one attached hydrogen (secondary N) is 3. The van der Waals surface area contributed by atoms with Crippen molar-refractivity contribution < 1.29 is 9.53 Å². The van der Waals surface area contributed by atoms with Gasteiger partial charge in [-0.3, -0.25) is 0 Å². The molecule has 1 aromatic heterocycles. The Morgan fingerprint density at radius 3 is 2.14 bits per heavy atom. The Morgan fingerprint density at radius 2 is 1.64 bits per heavy atom. The van der Waals surface area contributed by atoms with E-state index in [-0.39, 0.29) is 5.97 Å². The molecule has 0 spiro atoms. The Hall–Kier alpha value is -1.85. The lowest BCUT2D eigenvalue weighted by atomic mass is 10.2. The van der Waals surface area contributed by atoms with E-state index >= 15 is 0 Å². The monoisotopic (exact) mass is 303 g/mol. The third-order valence-corrected chi connectivity index (χ3v) is 3.11. The fraction of sp³-hybridized carbons (Fsp3) is 0.471. The second kappa shape index (κ2) is 7.42. The molecule has 0 saturated carbocycles. The molecular formula is C17H25N3O2. The molecule has 5 nitrogen and oxygen atoms in total. The van der Waals surface area contributed by atoms with Crippen LogP contribution in [0.1, 0.15) is 31.3 Å². The number of H-pyrrole nitrogens is 1. The van der Waals surface area contributed by atoms with Crippen molar-refractivity contribution in [2.45, 2.75) is 26.4 Å². The molecule has 0 amide bonds. The molecule has 1 aromatic carbocycles. The van der Waals surface area contributed by atoms with Crippen LogP contribution in [0.4, 0.5) is 0 Å². The van der Waals surface area contributed by atoms with Crippen LogP contribution < -0.4 is 10.6 Å². The smallest absolute Gasteiger partial charge is 0.355 e. The maximum absolute atomic E-state index is 11.8. The Kier molecular flexibility index (Phi) is 5.57. The first-order valence-electron chi connectivity index (χ1n) is 7.68. The number of hydrogen-bond donors (Lipinski definition) is 3. The molecule has 0 atom stereocenters. The van der Waals surface area contributed by atoms with Crippen LogP contribution in [0, 0.1) is 0 Å². The Balaban J connectivity index is 0.000000246. The quantitative estimate of drug-likeness (QED) is 0.707. The SMILES string of the molecule is C1CNCCN1.CC(C)(C)OC(=O)c1cc2ccccc2[nH]1. The number of aromatic nitrogens is 1. The van der Waals surface area contributed by atoms with Gasteiger partial charge in [0.25, 0.3) is 0 Å². The second-order valence-electron chi connectivity index (χ2n) is 6.27. The zero-order valence-electron chi connectivity index (χ0n) is 13.5. The lowest BCUT2D eigenvalue weighted by molar-refractivity contribution is 0.00639. The van der Waals surface area contributed by atoms with Crippen molar-refractivity contribution in [2.24, 2.45) is 0 Å². The minimum absolute atomic E-state index is 0.316. The summed E-state index contributed by atoms with van der Waals surface area (Å²) in [7, 11) is 0. The number of ether oxygens (including phenoxy) is 1. The van der Waals surface area contributed by atoms with Gasteiger partial charge in [-0.15, -0.1) is 0 Å². The lowest BCUT2D eigenvalue weighted by Gasteiger charge is -2.18. The summed E-state index contributed by atoms with van der Waals surface area (Å²) in [6.45, 7) is 10.1. The van der Waals surface area contributed by atoms with Crippen molar-refractivity contribution in [1.29, 1.82) is 0 Å². The van der Waals surface area contributed by atoms with Gasteiger partial charge in [-0.2, -0.15) is 0 Å². The van der Waals surface area contributed by atoms with Gasteiger partial charge in [-0.05, 0) is 32.9 Å². The lowest BCUT2D eigenvalue weighted by Crippen LogP contribution is -2.39. The molecule has 22 heavy (non-hydrogen) atoms. The standard InChI is InChI=1S/C13H15NO2.C4H10N2/c1-13(2,3)16-12(15)11-8-9-6-4-5-7-10(9)14-11;1-2-6-4-3-5-1/h4-8,14H,1-3H3;5-6H,1-4H2. The molecule has 2 heterocycles. The topological polar surface area (TPSA) is 66.2 Å². The van der Waals surface area contributed by atoms with Crippen molar-refractivity contribution in [3.63, 3.8) is 0 Å². The summed E-state index contributed by atoms with van der Waals surface area (Å²) in [5.41, 5.74) is 0.980. The highest BCUT2D eigenvalue weighted by Gasteiger charge is 2.19. The largest absolute Gasteiger partial charge is 0.455 e. The number of rotatable bonds is 1. The van der Waals surface area contributed by atoms with Crippen molar-refractivity contribution >= 4 is 16.9 Å². The number of para-hydroxylation sites is 1. The van der Waals surface area contributed by atoms with Crippen LogP contribution in [0.3, 0.4) is 0 Å². The molecule has 1 aliphatic rings. The highest BCUT2D eigenvalue weighted by molar-refractivity contribution is 5.94. The zero-order valence-corrected chi connectivity index (χ0v) is 13.5. The summed E-state index contributed by atoms with van der Waals surface area (Å²) in [6, 6.07) is 9.57. The number of esters is 1. The van der Waals surface area contributed by atoms with Gasteiger partial charge in [-0.25, -0.2) is 4.79 Å². The first-order chi connectivity index (χ1) is 10.5. The number of carbonyl (C=O) groups is 1. The zero-order chi connectivity index (χ0) is 16.0. The van der Waals surface area contributed by atoms with Crippen molar-refractivity contribution in [2.75, 3.05) is 26.2 Å². The summed E-state index contributed by atoms with van der Waals surface area (Å²) in [4.78, 5) is 14.8. The number of aromatic amines is 1. The Morgan fingerprint density at radius 1 is 1.05 bits per heavy atom. The minimum atomic E-state index is -0.464. The van der Waals surface area contributed by atoms with Crippen LogP contribution in [0.25, 0.3) is 10.9 Å². The summed E-state index contributed by atoms with van der Waals surface area (Å²) in [6.07, 6.45) is 0. The summed E-state index contributed by atoms with van der Waals surface area (Å²) in [5, 5.41) is 7.46. The van der Waals surface area contributed by atoms with Gasteiger partial charge < -0.3 is 20.4 Å². The number of carbonyl (C=O) groups excluding carboxylic acids is 1. The van der Waals surface area contributed by atoms with Crippen LogP contribution in [0.2, 0.25) is 0 Å². The summed E-state index contributed by atoms with van der Waals surface area (Å²) < 4.78 is 5.28. The Bertz CT molecular complexity index is 565. The molecule has 0 unspecified atom stereocenters. The third kappa shape index (κ3) is 5.16. The average Bonchev–Trinajstić information content (AvgIpc) is 2.92. The van der Waals surface area contributed by atoms with E-state index in [0.29, 0.717) is 5.69 Å². The molecule has 1 saturated heterocycles. The molecule has 2 aromatic rings. The maximum atomic E-state index is 11.8. The molecule has 1 fully saturated rings. The van der Waals surface area contributed by atoms with Crippen LogP contribution >= 0.6 is 0 Å². The van der Waals surface area contributed by atoms with E-state index < -0.39 is 5.60 Å². The molecule has 0 radical (unpaired) electrons. The normalized spacial score (nSPS) is 15.0. The van der Waals surface area contributed by atoms with Crippen molar-refractivity contribution in [3.8, 4) is 0 Å². The van der Waals surface area contributed by atoms with E-state index in [4.69, 9.17) is 4.74 Å². The van der Waals surface area contributed by atoms with Crippen molar-refractivity contribution in [3.05, 3.63) is 36.0 Å². The molecule has 0 bridgehead atoms. The Labute approximate surface area is 131 Å². The van der Waals surface area contributed by atoms with E-state index in [9.17, 15) is 4.79 Å². The predicted octanol–water partition coefficient (Wildman–Crippen LogP) is 2.30. The van der Waals surface area contributed by atoms with E-state index in [1.807, 2.05) is 51.1 Å². The van der Waals surface area contributed by atoms with Crippen molar-refractivity contribution in [1.82, 2.24) is 15.6 Å². The predicted molar refractivity (Wildman–Crippen MR) is 89.2 cm³/mol. The van der Waals surface area contributed by atoms with Crippen LogP contribution in [-0.4, -0.2) is 42.7 Å². The van der Waals surface area contributed by atoms with Gasteiger partial charge >= 0.3 is 5.97 Å². The molecule has 3 N–H and O–H groups in total. The molecule has 3 rings (SSSR count). The van der Waals surface area contributed by atoms with Gasteiger partial charge in [-0.1, -0.05) is 18.2 Å². The van der Waals surface area contributed by atoms with Crippen LogP contribution in [-0.2, 0) is 4.74 Å². The van der Waals surface area contributed by atoms with Gasteiger partial charge in [0.15, 0.2) is 0 Å². The van der Waals surface area contributed by atoms with Gasteiger partial charge in [0.2, 0.25) is 0 Å². The molecule has 1 aliphatic heterocycles. The summed E-state index contributed by atoms with van der Waals surface area (Å²) >= 11 is 0. The number of piperazine rings is 1. The minimum Gasteiger partial charge on any atom is -0.455 e. The molecule has 120 valence electrons. The van der Waals surface area contributed by atoms with Crippen LogP contribution in [0.15, 0.2) is 30.3 Å². The molecule has 5 heteroatoms. The van der Waals surface area contributed by atoms with Crippen LogP contribution in [0.5, 0.6) is 0 Å². The highest BCUT2D eigenvalue weighted by Crippen LogP contribution is 2.17. The third-order valence-electron chi connectivity index (χ3n) is 3.11. The first kappa shape index (κ1) is 16.5. The highest BCUT2D eigenvalue weighted by atomic mass is 16.6. The maximum Gasteiger partial charge on any atom is 0.355 e. The number of fused-ring (bicyclic) bond motifs is 1. The van der Waals surface area contributed by atoms with E-state index in [1.165, 1.54) is 0 Å². The average molecular weight is 303 g/mol. The molecular weight excluding hydrogens is 278 g/mol. The fourth-order valence-corrected chi connectivity index (χ4v) is 2.12. The second-order valence-corrected chi connectivity index (χ2v) is 6.27. The number of hydrogen-bond acceptors (Lipinski definition) is 4.